The van der Waals surface area contributed by atoms with Crippen molar-refractivity contribution in [2.75, 3.05) is 6.54 Å². The lowest BCUT2D eigenvalue weighted by Gasteiger charge is -1.99. The molecule has 1 aromatic heterocycles. The summed E-state index contributed by atoms with van der Waals surface area (Å²) in [7, 11) is 0. The van der Waals surface area contributed by atoms with Crippen molar-refractivity contribution in [1.82, 2.24) is 4.98 Å². The molecule has 2 nitrogen and oxygen atoms in total. The Morgan fingerprint density at radius 2 is 2.45 bits per heavy atom. The van der Waals surface area contributed by atoms with Crippen molar-refractivity contribution in [2.45, 2.75) is 6.42 Å². The molecule has 0 fully saturated rings. The Morgan fingerprint density at radius 3 is 3.09 bits per heavy atom. The third kappa shape index (κ3) is 1.79. The van der Waals surface area contributed by atoms with Crippen LogP contribution in [0.15, 0.2) is 18.5 Å². The molecule has 1 aromatic rings. The molecule has 0 aliphatic heterocycles. The topological polar surface area (TPSA) is 38.9 Å². The highest BCUT2D eigenvalue weighted by atomic mass is 14.6. The van der Waals surface area contributed by atoms with E-state index in [1.807, 2.05) is 6.07 Å². The van der Waals surface area contributed by atoms with Crippen LogP contribution in [-0.4, -0.2) is 11.5 Å². The second-order valence-electron chi connectivity index (χ2n) is 2.22. The van der Waals surface area contributed by atoms with Gasteiger partial charge in [0, 0.05) is 18.0 Å². The van der Waals surface area contributed by atoms with E-state index in [4.69, 9.17) is 12.2 Å². The van der Waals surface area contributed by atoms with Crippen LogP contribution in [0.3, 0.4) is 0 Å². The summed E-state index contributed by atoms with van der Waals surface area (Å²) >= 11 is 0. The van der Waals surface area contributed by atoms with Gasteiger partial charge in [-0.2, -0.15) is 0 Å². The standard InChI is InChI=1S/C9H10N2/c1-2-8-4-6-11-7-9(8)3-5-10/h1,4,6-7H,3,5,10H2. The molecule has 0 saturated carbocycles. The molecule has 0 aliphatic rings. The van der Waals surface area contributed by atoms with Gasteiger partial charge in [-0.25, -0.2) is 0 Å². The molecule has 2 heteroatoms. The zero-order chi connectivity index (χ0) is 8.10. The van der Waals surface area contributed by atoms with E-state index in [-0.39, 0.29) is 0 Å². The first-order chi connectivity index (χ1) is 5.38. The molecule has 56 valence electrons. The molecule has 2 N–H and O–H groups in total. The van der Waals surface area contributed by atoms with Crippen LogP contribution in [0.4, 0.5) is 0 Å². The van der Waals surface area contributed by atoms with Gasteiger partial charge in [0.1, 0.15) is 0 Å². The smallest absolute Gasteiger partial charge is 0.0312 e. The van der Waals surface area contributed by atoms with Crippen molar-refractivity contribution in [1.29, 1.82) is 0 Å². The van der Waals surface area contributed by atoms with Gasteiger partial charge in [-0.3, -0.25) is 4.98 Å². The van der Waals surface area contributed by atoms with Gasteiger partial charge in [0.15, 0.2) is 0 Å². The largest absolute Gasteiger partial charge is 0.330 e. The first-order valence-electron chi connectivity index (χ1n) is 3.48. The molecular formula is C9H10N2. The Hall–Kier alpha value is -1.33. The third-order valence-electron chi connectivity index (χ3n) is 1.47. The van der Waals surface area contributed by atoms with Gasteiger partial charge in [0.25, 0.3) is 0 Å². The number of rotatable bonds is 2. The lowest BCUT2D eigenvalue weighted by Crippen LogP contribution is -2.04. The summed E-state index contributed by atoms with van der Waals surface area (Å²) in [5.41, 5.74) is 7.33. The van der Waals surface area contributed by atoms with Crippen molar-refractivity contribution < 1.29 is 0 Å². The number of pyridine rings is 1. The van der Waals surface area contributed by atoms with Crippen LogP contribution in [0.25, 0.3) is 0 Å². The van der Waals surface area contributed by atoms with Gasteiger partial charge in [0.05, 0.1) is 0 Å². The number of hydrogen-bond donors (Lipinski definition) is 1. The fraction of sp³-hybridized carbons (Fsp3) is 0.222. The van der Waals surface area contributed by atoms with Crippen LogP contribution in [0.5, 0.6) is 0 Å². The first kappa shape index (κ1) is 7.77. The Bertz CT molecular complexity index is 273. The first-order valence-corrected chi connectivity index (χ1v) is 3.48. The van der Waals surface area contributed by atoms with E-state index >= 15 is 0 Å². The predicted octanol–water partition coefficient (Wildman–Crippen LogP) is 0.564. The summed E-state index contributed by atoms with van der Waals surface area (Å²) in [4.78, 5) is 3.96. The molecular weight excluding hydrogens is 136 g/mol. The van der Waals surface area contributed by atoms with Gasteiger partial charge in [-0.1, -0.05) is 5.92 Å². The lowest BCUT2D eigenvalue weighted by molar-refractivity contribution is 0.955. The van der Waals surface area contributed by atoms with Gasteiger partial charge >= 0.3 is 0 Å². The average Bonchev–Trinajstić information content (AvgIpc) is 2.06. The van der Waals surface area contributed by atoms with Crippen LogP contribution in [-0.2, 0) is 6.42 Å². The lowest BCUT2D eigenvalue weighted by atomic mass is 10.1. The third-order valence-corrected chi connectivity index (χ3v) is 1.47. The fourth-order valence-electron chi connectivity index (χ4n) is 0.923. The molecule has 0 spiro atoms. The van der Waals surface area contributed by atoms with Crippen LogP contribution >= 0.6 is 0 Å². The summed E-state index contributed by atoms with van der Waals surface area (Å²) in [6.45, 7) is 0.611. The van der Waals surface area contributed by atoms with Gasteiger partial charge in [-0.15, -0.1) is 6.42 Å². The quantitative estimate of drug-likeness (QED) is 0.619. The minimum absolute atomic E-state index is 0.611. The Kier molecular flexibility index (Phi) is 2.65. The summed E-state index contributed by atoms with van der Waals surface area (Å²) in [6, 6.07) is 1.82. The van der Waals surface area contributed by atoms with Gasteiger partial charge in [-0.05, 0) is 24.6 Å². The second-order valence-corrected chi connectivity index (χ2v) is 2.22. The SMILES string of the molecule is C#Cc1ccncc1CCN. The molecule has 0 unspecified atom stereocenters. The van der Waals surface area contributed by atoms with Crippen LogP contribution in [0.2, 0.25) is 0 Å². The predicted molar refractivity (Wildman–Crippen MR) is 44.9 cm³/mol. The van der Waals surface area contributed by atoms with E-state index in [1.165, 1.54) is 0 Å². The molecule has 0 saturated heterocycles. The molecule has 1 heterocycles. The van der Waals surface area contributed by atoms with E-state index in [1.54, 1.807) is 12.4 Å². The number of nitrogens with zero attached hydrogens (tertiary/aromatic N) is 1. The van der Waals surface area contributed by atoms with E-state index < -0.39 is 0 Å². The maximum Gasteiger partial charge on any atom is 0.0312 e. The minimum Gasteiger partial charge on any atom is -0.330 e. The Morgan fingerprint density at radius 1 is 1.64 bits per heavy atom. The van der Waals surface area contributed by atoms with Crippen molar-refractivity contribution >= 4 is 0 Å². The molecule has 0 aliphatic carbocycles. The number of aromatic nitrogens is 1. The van der Waals surface area contributed by atoms with Crippen LogP contribution in [0, 0.1) is 12.3 Å². The van der Waals surface area contributed by atoms with Gasteiger partial charge in [0.2, 0.25) is 0 Å². The maximum absolute atomic E-state index is 5.39. The maximum atomic E-state index is 5.39. The molecule has 0 atom stereocenters. The summed E-state index contributed by atoms with van der Waals surface area (Å²) in [5.74, 6) is 2.58. The van der Waals surface area contributed by atoms with E-state index in [9.17, 15) is 0 Å². The molecule has 0 amide bonds. The average molecular weight is 146 g/mol. The van der Waals surface area contributed by atoms with E-state index in [2.05, 4.69) is 10.9 Å². The van der Waals surface area contributed by atoms with Crippen molar-refractivity contribution in [3.8, 4) is 12.3 Å². The zero-order valence-electron chi connectivity index (χ0n) is 6.25. The van der Waals surface area contributed by atoms with Crippen molar-refractivity contribution in [2.24, 2.45) is 5.73 Å². The minimum atomic E-state index is 0.611. The highest BCUT2D eigenvalue weighted by molar-refractivity contribution is 5.37. The molecule has 0 aromatic carbocycles. The zero-order valence-corrected chi connectivity index (χ0v) is 6.25. The molecule has 0 bridgehead atoms. The monoisotopic (exact) mass is 146 g/mol. The fourth-order valence-corrected chi connectivity index (χ4v) is 0.923. The van der Waals surface area contributed by atoms with Crippen LogP contribution in [0.1, 0.15) is 11.1 Å². The number of hydrogen-bond acceptors (Lipinski definition) is 2. The Balaban J connectivity index is 2.95. The summed E-state index contributed by atoms with van der Waals surface area (Å²) < 4.78 is 0. The summed E-state index contributed by atoms with van der Waals surface area (Å²) in [6.07, 6.45) is 9.52. The molecule has 1 rings (SSSR count). The van der Waals surface area contributed by atoms with Crippen molar-refractivity contribution in [3.63, 3.8) is 0 Å². The molecule has 0 radical (unpaired) electrons. The second kappa shape index (κ2) is 3.75. The van der Waals surface area contributed by atoms with Crippen molar-refractivity contribution in [3.05, 3.63) is 29.6 Å². The number of terminal acetylenes is 1. The Labute approximate surface area is 66.4 Å². The highest BCUT2D eigenvalue weighted by Gasteiger charge is 1.96. The van der Waals surface area contributed by atoms with Crippen LogP contribution < -0.4 is 5.73 Å². The van der Waals surface area contributed by atoms with Gasteiger partial charge < -0.3 is 5.73 Å². The molecule has 11 heavy (non-hydrogen) atoms. The summed E-state index contributed by atoms with van der Waals surface area (Å²) in [5, 5.41) is 0. The van der Waals surface area contributed by atoms with E-state index in [0.29, 0.717) is 6.54 Å². The highest BCUT2D eigenvalue weighted by Crippen LogP contribution is 2.04. The normalized spacial score (nSPS) is 9.09. The number of nitrogens with two attached hydrogens (primary N) is 1. The van der Waals surface area contributed by atoms with E-state index in [0.717, 1.165) is 17.5 Å².